The zero-order valence-electron chi connectivity index (χ0n) is 11.3. The first kappa shape index (κ1) is 14.3. The number of halogens is 1. The Hall–Kier alpha value is -1.60. The minimum absolute atomic E-state index is 0.0528. The van der Waals surface area contributed by atoms with Crippen LogP contribution in [0.1, 0.15) is 37.3 Å². The molecule has 21 heavy (non-hydrogen) atoms. The predicted molar refractivity (Wildman–Crippen MR) is 81.9 cm³/mol. The number of benzene rings is 1. The molecule has 0 aliphatic heterocycles. The molecule has 6 nitrogen and oxygen atoms in total. The molecular weight excluding hydrogens is 308 g/mol. The maximum Gasteiger partial charge on any atom is 0.214 e. The quantitative estimate of drug-likeness (QED) is 0.667. The van der Waals surface area contributed by atoms with E-state index in [2.05, 4.69) is 15.5 Å². The average Bonchev–Trinajstić information content (AvgIpc) is 3.08. The van der Waals surface area contributed by atoms with Gasteiger partial charge in [0.15, 0.2) is 0 Å². The van der Waals surface area contributed by atoms with Crippen LogP contribution in [0.15, 0.2) is 28.3 Å². The van der Waals surface area contributed by atoms with E-state index in [4.69, 9.17) is 22.7 Å². The highest BCUT2D eigenvalue weighted by Gasteiger charge is 2.23. The van der Waals surface area contributed by atoms with Crippen LogP contribution in [0.25, 0.3) is 0 Å². The third-order valence-electron chi connectivity index (χ3n) is 3.58. The average molecular weight is 323 g/mol. The number of nitrogen functional groups attached to an aromatic ring is 1. The fourth-order valence-electron chi connectivity index (χ4n) is 2.58. The predicted octanol–water partition coefficient (Wildman–Crippen LogP) is 2.88. The zero-order valence-corrected chi connectivity index (χ0v) is 12.9. The van der Waals surface area contributed by atoms with Crippen LogP contribution in [-0.4, -0.2) is 26.0 Å². The van der Waals surface area contributed by atoms with Crippen molar-refractivity contribution in [3.63, 3.8) is 0 Å². The molecule has 8 heteroatoms. The Kier molecular flexibility index (Phi) is 4.12. The van der Waals surface area contributed by atoms with Crippen LogP contribution in [0.4, 0.5) is 0 Å². The van der Waals surface area contributed by atoms with Crippen LogP contribution in [0.5, 0.6) is 0 Å². The fourth-order valence-corrected chi connectivity index (χ4v) is 3.93. The second-order valence-corrected chi connectivity index (χ2v) is 6.39. The molecule has 0 saturated heterocycles. The van der Waals surface area contributed by atoms with Gasteiger partial charge in [-0.1, -0.05) is 30.5 Å². The van der Waals surface area contributed by atoms with Crippen molar-refractivity contribution in [2.24, 2.45) is 5.73 Å². The van der Waals surface area contributed by atoms with Gasteiger partial charge in [-0.2, -0.15) is 0 Å². The van der Waals surface area contributed by atoms with E-state index in [1.54, 1.807) is 6.07 Å². The number of rotatable bonds is 4. The Balaban J connectivity index is 1.93. The Morgan fingerprint density at radius 1 is 1.38 bits per heavy atom. The van der Waals surface area contributed by atoms with Crippen LogP contribution >= 0.6 is 23.4 Å². The second kappa shape index (κ2) is 6.03. The van der Waals surface area contributed by atoms with Crippen molar-refractivity contribution in [1.29, 1.82) is 5.41 Å². The van der Waals surface area contributed by atoms with E-state index < -0.39 is 0 Å². The maximum atomic E-state index is 7.69. The Morgan fingerprint density at radius 2 is 2.14 bits per heavy atom. The molecule has 0 amide bonds. The second-order valence-electron chi connectivity index (χ2n) is 4.97. The number of nitrogens with zero attached hydrogens (tertiary/aromatic N) is 4. The molecule has 1 saturated carbocycles. The molecule has 110 valence electrons. The summed E-state index contributed by atoms with van der Waals surface area (Å²) in [5.74, 6) is -0.0528. The molecule has 0 unspecified atom stereocenters. The van der Waals surface area contributed by atoms with Crippen molar-refractivity contribution in [2.75, 3.05) is 0 Å². The van der Waals surface area contributed by atoms with Gasteiger partial charge in [0, 0.05) is 10.5 Å². The van der Waals surface area contributed by atoms with Crippen LogP contribution in [0.2, 0.25) is 5.02 Å². The van der Waals surface area contributed by atoms with Crippen molar-refractivity contribution in [3.05, 3.63) is 28.8 Å². The van der Waals surface area contributed by atoms with Gasteiger partial charge in [-0.25, -0.2) is 4.68 Å². The smallest absolute Gasteiger partial charge is 0.214 e. The standard InChI is InChI=1S/C13H15ClN6S/c14-9-6-3-7-10(11(9)12(15)16)21-13-17-18-19-20(13)8-4-1-2-5-8/h3,6-8H,1-2,4-5H2,(H3,15,16). The highest BCUT2D eigenvalue weighted by Crippen LogP contribution is 2.36. The Labute approximate surface area is 131 Å². The molecule has 1 aromatic carbocycles. The summed E-state index contributed by atoms with van der Waals surface area (Å²) in [6, 6.07) is 5.80. The van der Waals surface area contributed by atoms with Crippen molar-refractivity contribution >= 4 is 29.2 Å². The molecule has 1 aliphatic carbocycles. The van der Waals surface area contributed by atoms with Gasteiger partial charge in [0.2, 0.25) is 5.16 Å². The van der Waals surface area contributed by atoms with Crippen LogP contribution < -0.4 is 5.73 Å². The van der Waals surface area contributed by atoms with Gasteiger partial charge in [-0.05, 0) is 47.2 Å². The lowest BCUT2D eigenvalue weighted by Gasteiger charge is -2.12. The van der Waals surface area contributed by atoms with E-state index in [0.717, 1.165) is 17.7 Å². The third-order valence-corrected chi connectivity index (χ3v) is 4.91. The Bertz CT molecular complexity index is 664. The number of nitrogens with one attached hydrogen (secondary N) is 1. The first-order valence-corrected chi connectivity index (χ1v) is 7.95. The van der Waals surface area contributed by atoms with Crippen molar-refractivity contribution in [3.8, 4) is 0 Å². The van der Waals surface area contributed by atoms with Crippen LogP contribution in [-0.2, 0) is 0 Å². The molecule has 2 aromatic rings. The first-order valence-electron chi connectivity index (χ1n) is 6.75. The number of amidine groups is 1. The molecule has 3 N–H and O–H groups in total. The summed E-state index contributed by atoms with van der Waals surface area (Å²) in [7, 11) is 0. The molecular formula is C13H15ClN6S. The molecule has 0 atom stereocenters. The molecule has 1 aromatic heterocycles. The molecule has 0 spiro atoms. The van der Waals surface area contributed by atoms with Gasteiger partial charge in [0.1, 0.15) is 5.84 Å². The van der Waals surface area contributed by atoms with E-state index in [1.165, 1.54) is 24.6 Å². The largest absolute Gasteiger partial charge is 0.384 e. The summed E-state index contributed by atoms with van der Waals surface area (Å²) in [6.07, 6.45) is 4.64. The molecule has 1 fully saturated rings. The lowest BCUT2D eigenvalue weighted by atomic mass is 10.2. The van der Waals surface area contributed by atoms with Gasteiger partial charge in [0.25, 0.3) is 0 Å². The number of hydrogen-bond donors (Lipinski definition) is 2. The van der Waals surface area contributed by atoms with Gasteiger partial charge in [-0.15, -0.1) is 5.10 Å². The lowest BCUT2D eigenvalue weighted by Crippen LogP contribution is -2.13. The SMILES string of the molecule is N=C(N)c1c(Cl)cccc1Sc1nnnn1C1CCCC1. The summed E-state index contributed by atoms with van der Waals surface area (Å²) < 4.78 is 1.88. The fraction of sp³-hybridized carbons (Fsp3) is 0.385. The number of aromatic nitrogens is 4. The summed E-state index contributed by atoms with van der Waals surface area (Å²) in [5, 5.41) is 20.9. The summed E-state index contributed by atoms with van der Waals surface area (Å²) in [6.45, 7) is 0. The van der Waals surface area contributed by atoms with E-state index in [1.807, 2.05) is 16.8 Å². The van der Waals surface area contributed by atoms with Gasteiger partial charge >= 0.3 is 0 Å². The lowest BCUT2D eigenvalue weighted by molar-refractivity contribution is 0.423. The summed E-state index contributed by atoms with van der Waals surface area (Å²) >= 11 is 7.54. The van der Waals surface area contributed by atoms with E-state index >= 15 is 0 Å². The van der Waals surface area contributed by atoms with Crippen LogP contribution in [0.3, 0.4) is 0 Å². The Morgan fingerprint density at radius 3 is 2.86 bits per heavy atom. The number of hydrogen-bond acceptors (Lipinski definition) is 5. The van der Waals surface area contributed by atoms with E-state index in [-0.39, 0.29) is 5.84 Å². The minimum Gasteiger partial charge on any atom is -0.384 e. The van der Waals surface area contributed by atoms with Gasteiger partial charge < -0.3 is 5.73 Å². The highest BCUT2D eigenvalue weighted by molar-refractivity contribution is 7.99. The van der Waals surface area contributed by atoms with Gasteiger partial charge in [-0.3, -0.25) is 5.41 Å². The zero-order chi connectivity index (χ0) is 14.8. The first-order chi connectivity index (χ1) is 10.2. The number of tetrazole rings is 1. The maximum absolute atomic E-state index is 7.69. The summed E-state index contributed by atoms with van der Waals surface area (Å²) in [5.41, 5.74) is 6.16. The normalized spacial score (nSPS) is 15.5. The van der Waals surface area contributed by atoms with Crippen molar-refractivity contribution in [2.45, 2.75) is 41.8 Å². The molecule has 0 radical (unpaired) electrons. The van der Waals surface area contributed by atoms with E-state index in [9.17, 15) is 0 Å². The van der Waals surface area contributed by atoms with Gasteiger partial charge in [0.05, 0.1) is 11.1 Å². The molecule has 1 heterocycles. The molecule has 1 aliphatic rings. The topological polar surface area (TPSA) is 93.5 Å². The van der Waals surface area contributed by atoms with Crippen molar-refractivity contribution in [1.82, 2.24) is 20.2 Å². The minimum atomic E-state index is -0.0528. The van der Waals surface area contributed by atoms with E-state index in [0.29, 0.717) is 21.8 Å². The molecule has 3 rings (SSSR count). The summed E-state index contributed by atoms with van der Waals surface area (Å²) in [4.78, 5) is 0.795. The van der Waals surface area contributed by atoms with Crippen LogP contribution in [0, 0.1) is 5.41 Å². The third kappa shape index (κ3) is 2.89. The van der Waals surface area contributed by atoms with Crippen molar-refractivity contribution < 1.29 is 0 Å². The number of nitrogens with two attached hydrogens (primary N) is 1. The highest BCUT2D eigenvalue weighted by atomic mass is 35.5. The monoisotopic (exact) mass is 322 g/mol. The molecule has 0 bridgehead atoms.